The van der Waals surface area contributed by atoms with Crippen LogP contribution in [0.1, 0.15) is 19.3 Å². The number of benzene rings is 1. The molecule has 3 rings (SSSR count). The fourth-order valence-corrected chi connectivity index (χ4v) is 2.81. The highest BCUT2D eigenvalue weighted by atomic mass is 16.2. The monoisotopic (exact) mass is 328 g/mol. The van der Waals surface area contributed by atoms with Crippen molar-refractivity contribution in [2.75, 3.05) is 25.0 Å². The molecule has 24 heavy (non-hydrogen) atoms. The van der Waals surface area contributed by atoms with Gasteiger partial charge in [-0.15, -0.1) is 0 Å². The van der Waals surface area contributed by atoms with Gasteiger partial charge in [0.15, 0.2) is 0 Å². The number of fused-ring (bicyclic) bond motifs is 1. The summed E-state index contributed by atoms with van der Waals surface area (Å²) >= 11 is 0. The topological polar surface area (TPSA) is 94.3 Å². The van der Waals surface area contributed by atoms with Crippen LogP contribution in [0, 0.1) is 0 Å². The first-order chi connectivity index (χ1) is 11.6. The number of hydrogen-bond acceptors (Lipinski definition) is 3. The molecule has 2 aromatic rings. The van der Waals surface area contributed by atoms with Crippen LogP contribution >= 0.6 is 0 Å². The maximum absolute atomic E-state index is 11.9. The van der Waals surface area contributed by atoms with E-state index >= 15 is 0 Å². The van der Waals surface area contributed by atoms with Crippen molar-refractivity contribution in [2.45, 2.75) is 19.3 Å². The van der Waals surface area contributed by atoms with Crippen molar-refractivity contribution >= 4 is 34.3 Å². The van der Waals surface area contributed by atoms with E-state index < -0.39 is 11.8 Å². The molecule has 3 N–H and O–H groups in total. The standard InChI is InChI=1S/C17H20N4O3/c22-15-3-1-9-21(15)10-2-7-19-16(23)17(24)20-13-4-5-14-12(11-13)6-8-18-14/h4-6,8,11,18H,1-3,7,9-10H2,(H,19,23)(H,20,24). The van der Waals surface area contributed by atoms with Gasteiger partial charge in [-0.05, 0) is 37.1 Å². The Hall–Kier alpha value is -2.83. The van der Waals surface area contributed by atoms with Crippen LogP contribution in [-0.2, 0) is 14.4 Å². The second-order valence-corrected chi connectivity index (χ2v) is 5.83. The Morgan fingerprint density at radius 2 is 2.08 bits per heavy atom. The second-order valence-electron chi connectivity index (χ2n) is 5.83. The van der Waals surface area contributed by atoms with Crippen molar-refractivity contribution in [1.29, 1.82) is 0 Å². The number of H-pyrrole nitrogens is 1. The zero-order valence-electron chi connectivity index (χ0n) is 13.3. The summed E-state index contributed by atoms with van der Waals surface area (Å²) in [6.45, 7) is 1.77. The predicted octanol–water partition coefficient (Wildman–Crippen LogP) is 1.24. The van der Waals surface area contributed by atoms with Gasteiger partial charge in [0.05, 0.1) is 0 Å². The van der Waals surface area contributed by atoms with E-state index in [0.717, 1.165) is 23.9 Å². The highest BCUT2D eigenvalue weighted by Gasteiger charge is 2.19. The van der Waals surface area contributed by atoms with Gasteiger partial charge in [0.1, 0.15) is 0 Å². The predicted molar refractivity (Wildman–Crippen MR) is 90.4 cm³/mol. The van der Waals surface area contributed by atoms with E-state index in [1.807, 2.05) is 18.3 Å². The number of amides is 3. The molecule has 0 bridgehead atoms. The molecule has 1 aromatic carbocycles. The molecule has 7 heteroatoms. The molecule has 1 fully saturated rings. The number of rotatable bonds is 5. The molecule has 1 aromatic heterocycles. The van der Waals surface area contributed by atoms with E-state index in [-0.39, 0.29) is 5.91 Å². The average Bonchev–Trinajstić information content (AvgIpc) is 3.19. The third-order valence-corrected chi connectivity index (χ3v) is 4.08. The molecule has 1 aliphatic heterocycles. The lowest BCUT2D eigenvalue weighted by Crippen LogP contribution is -2.37. The quantitative estimate of drug-likeness (QED) is 0.569. The van der Waals surface area contributed by atoms with Gasteiger partial charge in [0.2, 0.25) is 5.91 Å². The van der Waals surface area contributed by atoms with Crippen LogP contribution in [0.4, 0.5) is 5.69 Å². The largest absolute Gasteiger partial charge is 0.361 e. The Morgan fingerprint density at radius 1 is 1.21 bits per heavy atom. The van der Waals surface area contributed by atoms with Crippen LogP contribution in [-0.4, -0.2) is 47.2 Å². The van der Waals surface area contributed by atoms with Gasteiger partial charge in [-0.3, -0.25) is 14.4 Å². The van der Waals surface area contributed by atoms with Crippen molar-refractivity contribution in [3.8, 4) is 0 Å². The molecule has 0 atom stereocenters. The molecular formula is C17H20N4O3. The van der Waals surface area contributed by atoms with Gasteiger partial charge in [0, 0.05) is 48.8 Å². The average molecular weight is 328 g/mol. The van der Waals surface area contributed by atoms with E-state index in [1.165, 1.54) is 0 Å². The fourth-order valence-electron chi connectivity index (χ4n) is 2.81. The van der Waals surface area contributed by atoms with Gasteiger partial charge < -0.3 is 20.5 Å². The molecule has 0 spiro atoms. The minimum absolute atomic E-state index is 0.166. The summed E-state index contributed by atoms with van der Waals surface area (Å²) in [7, 11) is 0. The molecular weight excluding hydrogens is 308 g/mol. The van der Waals surface area contributed by atoms with E-state index in [1.54, 1.807) is 17.0 Å². The molecule has 1 saturated heterocycles. The summed E-state index contributed by atoms with van der Waals surface area (Å²) < 4.78 is 0. The number of carbonyl (C=O) groups is 3. The maximum Gasteiger partial charge on any atom is 0.313 e. The number of likely N-dealkylation sites (tertiary alicyclic amines) is 1. The van der Waals surface area contributed by atoms with Gasteiger partial charge in [0.25, 0.3) is 0 Å². The molecule has 1 aliphatic rings. The zero-order chi connectivity index (χ0) is 16.9. The number of anilines is 1. The minimum Gasteiger partial charge on any atom is -0.361 e. The Bertz CT molecular complexity index is 768. The number of carbonyl (C=O) groups excluding carboxylic acids is 3. The normalized spacial score (nSPS) is 14.2. The number of nitrogens with zero attached hydrogens (tertiary/aromatic N) is 1. The van der Waals surface area contributed by atoms with E-state index in [0.29, 0.717) is 31.6 Å². The molecule has 2 heterocycles. The number of nitrogens with one attached hydrogen (secondary N) is 3. The van der Waals surface area contributed by atoms with E-state index in [2.05, 4.69) is 15.6 Å². The summed E-state index contributed by atoms with van der Waals surface area (Å²) in [5, 5.41) is 6.12. The van der Waals surface area contributed by atoms with Gasteiger partial charge >= 0.3 is 11.8 Å². The summed E-state index contributed by atoms with van der Waals surface area (Å²) in [6.07, 6.45) is 3.97. The SMILES string of the molecule is O=C(NCCCN1CCCC1=O)C(=O)Nc1ccc2[nH]ccc2c1. The van der Waals surface area contributed by atoms with Crippen molar-refractivity contribution in [2.24, 2.45) is 0 Å². The van der Waals surface area contributed by atoms with Crippen LogP contribution in [0.5, 0.6) is 0 Å². The minimum atomic E-state index is -0.692. The highest BCUT2D eigenvalue weighted by molar-refractivity contribution is 6.39. The zero-order valence-corrected chi connectivity index (χ0v) is 13.3. The number of hydrogen-bond donors (Lipinski definition) is 3. The molecule has 0 saturated carbocycles. The number of aromatic nitrogens is 1. The van der Waals surface area contributed by atoms with Gasteiger partial charge in [-0.25, -0.2) is 0 Å². The van der Waals surface area contributed by atoms with Crippen molar-refractivity contribution < 1.29 is 14.4 Å². The second kappa shape index (κ2) is 7.16. The maximum atomic E-state index is 11.9. The first kappa shape index (κ1) is 16.0. The summed E-state index contributed by atoms with van der Waals surface area (Å²) in [5.74, 6) is -1.20. The van der Waals surface area contributed by atoms with Crippen molar-refractivity contribution in [3.63, 3.8) is 0 Å². The van der Waals surface area contributed by atoms with E-state index in [9.17, 15) is 14.4 Å². The van der Waals surface area contributed by atoms with Gasteiger partial charge in [-0.1, -0.05) is 0 Å². The lowest BCUT2D eigenvalue weighted by atomic mass is 10.2. The Balaban J connectivity index is 1.42. The summed E-state index contributed by atoms with van der Waals surface area (Å²) in [5.41, 5.74) is 1.54. The van der Waals surface area contributed by atoms with Gasteiger partial charge in [-0.2, -0.15) is 0 Å². The van der Waals surface area contributed by atoms with Crippen LogP contribution in [0.15, 0.2) is 30.5 Å². The molecule has 126 valence electrons. The lowest BCUT2D eigenvalue weighted by molar-refractivity contribution is -0.136. The van der Waals surface area contributed by atoms with Crippen LogP contribution < -0.4 is 10.6 Å². The molecule has 3 amide bonds. The first-order valence-electron chi connectivity index (χ1n) is 8.07. The smallest absolute Gasteiger partial charge is 0.313 e. The van der Waals surface area contributed by atoms with E-state index in [4.69, 9.17) is 0 Å². The van der Waals surface area contributed by atoms with Crippen LogP contribution in [0.3, 0.4) is 0 Å². The first-order valence-corrected chi connectivity index (χ1v) is 8.07. The molecule has 0 unspecified atom stereocenters. The Labute approximate surface area is 139 Å². The van der Waals surface area contributed by atoms with Crippen molar-refractivity contribution in [1.82, 2.24) is 15.2 Å². The third-order valence-electron chi connectivity index (χ3n) is 4.08. The third kappa shape index (κ3) is 3.73. The molecule has 0 aliphatic carbocycles. The number of aromatic amines is 1. The Morgan fingerprint density at radius 3 is 2.88 bits per heavy atom. The Kier molecular flexibility index (Phi) is 4.79. The summed E-state index contributed by atoms with van der Waals surface area (Å²) in [6, 6.07) is 7.28. The van der Waals surface area contributed by atoms with Crippen LogP contribution in [0.2, 0.25) is 0 Å². The molecule has 0 radical (unpaired) electrons. The fraction of sp³-hybridized carbons (Fsp3) is 0.353. The van der Waals surface area contributed by atoms with Crippen LogP contribution in [0.25, 0.3) is 10.9 Å². The van der Waals surface area contributed by atoms with Crippen molar-refractivity contribution in [3.05, 3.63) is 30.5 Å². The summed E-state index contributed by atoms with van der Waals surface area (Å²) in [4.78, 5) is 40.0. The lowest BCUT2D eigenvalue weighted by Gasteiger charge is -2.15. The highest BCUT2D eigenvalue weighted by Crippen LogP contribution is 2.17. The molecule has 7 nitrogen and oxygen atoms in total.